The highest BCUT2D eigenvalue weighted by molar-refractivity contribution is 4.52. The number of hydrogen-bond donors (Lipinski definition) is 0. The first-order valence-corrected chi connectivity index (χ1v) is 20.5. The molecule has 0 aliphatic rings. The van der Waals surface area contributed by atoms with E-state index in [9.17, 15) is 0 Å². The molecule has 0 bridgehead atoms. The summed E-state index contributed by atoms with van der Waals surface area (Å²) in [5, 5.41) is 0. The highest BCUT2D eigenvalue weighted by Gasteiger charge is 2.26. The molecule has 0 aromatic carbocycles. The van der Waals surface area contributed by atoms with Crippen LogP contribution in [0.15, 0.2) is 0 Å². The van der Waals surface area contributed by atoms with Crippen LogP contribution < -0.4 is 0 Å². The number of quaternary nitrogens is 2. The third kappa shape index (κ3) is 34.6. The molecule has 2 nitrogen and oxygen atoms in total. The van der Waals surface area contributed by atoms with Gasteiger partial charge >= 0.3 is 0 Å². The molecular formula is C41H88N2+2. The van der Waals surface area contributed by atoms with Gasteiger partial charge in [-0.2, -0.15) is 0 Å². The van der Waals surface area contributed by atoms with Gasteiger partial charge in [-0.3, -0.25) is 8.97 Å². The topological polar surface area (TPSA) is 0 Å². The maximum absolute atomic E-state index is 2.47. The van der Waals surface area contributed by atoms with E-state index in [0.29, 0.717) is 0 Å². The Labute approximate surface area is 275 Å². The number of hydrogen-bond acceptors (Lipinski definition) is 0. The van der Waals surface area contributed by atoms with Crippen molar-refractivity contribution in [2.24, 2.45) is 0 Å². The summed E-state index contributed by atoms with van der Waals surface area (Å²) in [7, 11) is 9.88. The van der Waals surface area contributed by atoms with Gasteiger partial charge in [0.1, 0.15) is 0 Å². The molecule has 0 rings (SSSR count). The first-order valence-electron chi connectivity index (χ1n) is 20.5. The van der Waals surface area contributed by atoms with E-state index in [-0.39, 0.29) is 0 Å². The lowest BCUT2D eigenvalue weighted by Crippen LogP contribution is -2.56. The molecule has 0 heterocycles. The van der Waals surface area contributed by atoms with E-state index in [1.165, 1.54) is 234 Å². The molecule has 260 valence electrons. The summed E-state index contributed by atoms with van der Waals surface area (Å²) >= 11 is 0. The van der Waals surface area contributed by atoms with Gasteiger partial charge in [-0.1, -0.05) is 194 Å². The van der Waals surface area contributed by atoms with Crippen molar-refractivity contribution in [3.8, 4) is 0 Å². The standard InChI is InChI=1S/C41H88N2/c1-7-9-11-13-15-17-19-21-23-25-27-29-31-33-35-37-39-42(3,4)41-43(5,6)40-38-36-34-32-30-28-26-24-22-20-18-16-14-12-10-8-2/h7-41H2,1-6H3/q+2. The predicted molar refractivity (Wildman–Crippen MR) is 198 cm³/mol. The van der Waals surface area contributed by atoms with E-state index < -0.39 is 0 Å². The molecule has 0 aliphatic heterocycles. The van der Waals surface area contributed by atoms with Crippen LogP contribution in [-0.4, -0.2) is 56.9 Å². The van der Waals surface area contributed by atoms with Crippen LogP contribution in [0.4, 0.5) is 0 Å². The van der Waals surface area contributed by atoms with Crippen LogP contribution in [0.5, 0.6) is 0 Å². The van der Waals surface area contributed by atoms with Crippen LogP contribution in [0.1, 0.15) is 219 Å². The highest BCUT2D eigenvalue weighted by Crippen LogP contribution is 2.17. The third-order valence-corrected chi connectivity index (χ3v) is 10.00. The second-order valence-corrected chi connectivity index (χ2v) is 16.1. The lowest BCUT2D eigenvalue weighted by atomic mass is 10.0. The summed E-state index contributed by atoms with van der Waals surface area (Å²) in [6.45, 7) is 8.59. The lowest BCUT2D eigenvalue weighted by molar-refractivity contribution is -1.07. The van der Waals surface area contributed by atoms with E-state index in [1.807, 2.05) is 0 Å². The third-order valence-electron chi connectivity index (χ3n) is 10.00. The first-order chi connectivity index (χ1) is 20.8. The van der Waals surface area contributed by atoms with Gasteiger partial charge in [0, 0.05) is 0 Å². The monoisotopic (exact) mass is 609 g/mol. The zero-order valence-corrected chi connectivity index (χ0v) is 31.6. The van der Waals surface area contributed by atoms with Crippen molar-refractivity contribution < 1.29 is 8.97 Å². The second-order valence-electron chi connectivity index (χ2n) is 16.1. The van der Waals surface area contributed by atoms with Crippen molar-refractivity contribution in [1.82, 2.24) is 0 Å². The van der Waals surface area contributed by atoms with Crippen molar-refractivity contribution in [1.29, 1.82) is 0 Å². The quantitative estimate of drug-likeness (QED) is 0.0377. The van der Waals surface area contributed by atoms with Gasteiger partial charge in [0.25, 0.3) is 0 Å². The minimum Gasteiger partial charge on any atom is -0.282 e. The zero-order chi connectivity index (χ0) is 31.7. The fourth-order valence-corrected chi connectivity index (χ4v) is 7.35. The molecule has 0 unspecified atom stereocenters. The molecule has 0 fully saturated rings. The Hall–Kier alpha value is -0.0800. The van der Waals surface area contributed by atoms with Gasteiger partial charge in [-0.15, -0.1) is 0 Å². The Kier molecular flexibility index (Phi) is 31.8. The van der Waals surface area contributed by atoms with Crippen LogP contribution in [0.3, 0.4) is 0 Å². The minimum absolute atomic E-state index is 1.18. The van der Waals surface area contributed by atoms with Crippen LogP contribution in [0, 0.1) is 0 Å². The summed E-state index contributed by atoms with van der Waals surface area (Å²) in [6, 6.07) is 0. The molecule has 0 saturated carbocycles. The van der Waals surface area contributed by atoms with E-state index in [0.717, 1.165) is 0 Å². The number of rotatable bonds is 36. The van der Waals surface area contributed by atoms with E-state index in [4.69, 9.17) is 0 Å². The number of unbranched alkanes of at least 4 members (excludes halogenated alkanes) is 30. The Balaban J connectivity index is 3.51. The molecule has 2 heteroatoms. The van der Waals surface area contributed by atoms with Gasteiger partial charge in [-0.25, -0.2) is 0 Å². The number of nitrogens with zero attached hydrogens (tertiary/aromatic N) is 2. The fraction of sp³-hybridized carbons (Fsp3) is 1.00. The molecule has 0 amide bonds. The Morgan fingerprint density at radius 2 is 0.395 bits per heavy atom. The molecular weight excluding hydrogens is 520 g/mol. The molecule has 0 saturated heterocycles. The van der Waals surface area contributed by atoms with Crippen molar-refractivity contribution in [3.05, 3.63) is 0 Å². The van der Waals surface area contributed by atoms with Crippen molar-refractivity contribution in [2.75, 3.05) is 47.9 Å². The van der Waals surface area contributed by atoms with Gasteiger partial charge < -0.3 is 0 Å². The average molecular weight is 609 g/mol. The van der Waals surface area contributed by atoms with Crippen molar-refractivity contribution in [3.63, 3.8) is 0 Å². The molecule has 0 spiro atoms. The fourth-order valence-electron chi connectivity index (χ4n) is 7.35. The minimum atomic E-state index is 1.18. The highest BCUT2D eigenvalue weighted by atomic mass is 15.5. The molecule has 0 N–H and O–H groups in total. The van der Waals surface area contributed by atoms with Crippen LogP contribution in [-0.2, 0) is 0 Å². The predicted octanol–water partition coefficient (Wildman–Crippen LogP) is 13.6. The molecule has 0 aliphatic carbocycles. The molecule has 43 heavy (non-hydrogen) atoms. The second kappa shape index (κ2) is 31.9. The van der Waals surface area contributed by atoms with E-state index in [1.54, 1.807) is 0 Å². The first kappa shape index (κ1) is 42.9. The van der Waals surface area contributed by atoms with Gasteiger partial charge in [0.05, 0.1) is 41.3 Å². The summed E-state index contributed by atoms with van der Waals surface area (Å²) in [6.07, 6.45) is 46.7. The smallest absolute Gasteiger partial charge is 0.206 e. The van der Waals surface area contributed by atoms with E-state index in [2.05, 4.69) is 42.0 Å². The SMILES string of the molecule is CCCCCCCCCCCCCCCCCC[N+](C)(C)C[N+](C)(C)CCCCCCCCCCCCCCCCCC. The van der Waals surface area contributed by atoms with Crippen molar-refractivity contribution >= 4 is 0 Å². The van der Waals surface area contributed by atoms with Crippen LogP contribution in [0.2, 0.25) is 0 Å². The van der Waals surface area contributed by atoms with Gasteiger partial charge in [0.2, 0.25) is 6.67 Å². The van der Waals surface area contributed by atoms with Gasteiger partial charge in [-0.05, 0) is 25.7 Å². The summed E-state index contributed by atoms with van der Waals surface area (Å²) in [5.41, 5.74) is 0. The summed E-state index contributed by atoms with van der Waals surface area (Å²) in [5.74, 6) is 0. The molecule has 0 aromatic rings. The lowest BCUT2D eigenvalue weighted by Gasteiger charge is -2.39. The largest absolute Gasteiger partial charge is 0.282 e. The molecule has 0 atom stereocenters. The molecule has 0 aromatic heterocycles. The maximum atomic E-state index is 2.47. The van der Waals surface area contributed by atoms with Crippen LogP contribution in [0.25, 0.3) is 0 Å². The zero-order valence-electron chi connectivity index (χ0n) is 31.6. The Morgan fingerprint density at radius 1 is 0.233 bits per heavy atom. The van der Waals surface area contributed by atoms with Gasteiger partial charge in [0.15, 0.2) is 0 Å². The summed E-state index contributed by atoms with van der Waals surface area (Å²) < 4.78 is 2.37. The Bertz CT molecular complexity index is 480. The van der Waals surface area contributed by atoms with Crippen LogP contribution >= 0.6 is 0 Å². The van der Waals surface area contributed by atoms with Crippen molar-refractivity contribution in [2.45, 2.75) is 219 Å². The average Bonchev–Trinajstić information content (AvgIpc) is 2.96. The normalized spacial score (nSPS) is 12.4. The molecule has 0 radical (unpaired) electrons. The van der Waals surface area contributed by atoms with E-state index >= 15 is 0 Å². The Morgan fingerprint density at radius 3 is 0.581 bits per heavy atom. The summed E-state index contributed by atoms with van der Waals surface area (Å²) in [4.78, 5) is 0. The maximum Gasteiger partial charge on any atom is 0.206 e.